The van der Waals surface area contributed by atoms with E-state index in [-0.39, 0.29) is 11.8 Å². The zero-order valence-electron chi connectivity index (χ0n) is 19.7. The standard InChI is InChI=1S/C30H28N2O3/c1-2-32(27-11-7-4-8-12-27)30(34)25-13-17-26(18-14-25)31-29(33)24-15-19-28(20-16-24)35-22-21-23-9-5-3-6-10-23/h3-20H,2,21-22H2,1H3,(H,31,33). The number of benzene rings is 4. The molecule has 0 saturated carbocycles. The molecule has 1 N–H and O–H groups in total. The lowest BCUT2D eigenvalue weighted by Crippen LogP contribution is -2.30. The summed E-state index contributed by atoms with van der Waals surface area (Å²) in [6, 6.07) is 33.7. The van der Waals surface area contributed by atoms with Gasteiger partial charge in [0.15, 0.2) is 0 Å². The Bertz CT molecular complexity index is 1240. The number of amides is 2. The predicted molar refractivity (Wildman–Crippen MR) is 140 cm³/mol. The van der Waals surface area contributed by atoms with Crippen molar-refractivity contribution in [1.29, 1.82) is 0 Å². The zero-order chi connectivity index (χ0) is 24.5. The molecule has 0 radical (unpaired) electrons. The Morgan fingerprint density at radius 2 is 1.34 bits per heavy atom. The van der Waals surface area contributed by atoms with Gasteiger partial charge in [-0.2, -0.15) is 0 Å². The van der Waals surface area contributed by atoms with Crippen LogP contribution in [0.2, 0.25) is 0 Å². The van der Waals surface area contributed by atoms with Gasteiger partial charge in [0, 0.05) is 35.5 Å². The lowest BCUT2D eigenvalue weighted by Gasteiger charge is -2.21. The van der Waals surface area contributed by atoms with Crippen molar-refractivity contribution < 1.29 is 14.3 Å². The van der Waals surface area contributed by atoms with Gasteiger partial charge in [0.25, 0.3) is 11.8 Å². The van der Waals surface area contributed by atoms with Gasteiger partial charge in [0.1, 0.15) is 5.75 Å². The smallest absolute Gasteiger partial charge is 0.258 e. The van der Waals surface area contributed by atoms with Crippen molar-refractivity contribution in [2.45, 2.75) is 13.3 Å². The molecule has 4 rings (SSSR count). The van der Waals surface area contributed by atoms with E-state index in [4.69, 9.17) is 4.74 Å². The fourth-order valence-electron chi connectivity index (χ4n) is 3.74. The molecule has 0 aliphatic carbocycles. The summed E-state index contributed by atoms with van der Waals surface area (Å²) in [6.45, 7) is 3.08. The van der Waals surface area contributed by atoms with Crippen LogP contribution in [0.1, 0.15) is 33.2 Å². The number of para-hydroxylation sites is 1. The van der Waals surface area contributed by atoms with E-state index in [1.807, 2.05) is 55.5 Å². The Kier molecular flexibility index (Phi) is 7.92. The highest BCUT2D eigenvalue weighted by atomic mass is 16.5. The van der Waals surface area contributed by atoms with Gasteiger partial charge in [-0.15, -0.1) is 0 Å². The molecule has 0 saturated heterocycles. The number of ether oxygens (including phenoxy) is 1. The van der Waals surface area contributed by atoms with Crippen molar-refractivity contribution >= 4 is 23.2 Å². The van der Waals surface area contributed by atoms with Gasteiger partial charge in [-0.05, 0) is 73.2 Å². The molecule has 0 atom stereocenters. The monoisotopic (exact) mass is 464 g/mol. The van der Waals surface area contributed by atoms with Crippen LogP contribution in [0.3, 0.4) is 0 Å². The molecule has 4 aromatic carbocycles. The fourth-order valence-corrected chi connectivity index (χ4v) is 3.74. The van der Waals surface area contributed by atoms with Crippen molar-refractivity contribution in [2.75, 3.05) is 23.4 Å². The Hall–Kier alpha value is -4.38. The van der Waals surface area contributed by atoms with Gasteiger partial charge < -0.3 is 15.0 Å². The molecule has 4 aromatic rings. The molecule has 0 aliphatic heterocycles. The van der Waals surface area contributed by atoms with Gasteiger partial charge in [0.2, 0.25) is 0 Å². The third kappa shape index (κ3) is 6.36. The van der Waals surface area contributed by atoms with E-state index in [1.54, 1.807) is 53.4 Å². The number of hydrogen-bond donors (Lipinski definition) is 1. The highest BCUT2D eigenvalue weighted by Gasteiger charge is 2.16. The summed E-state index contributed by atoms with van der Waals surface area (Å²) in [4.78, 5) is 27.3. The van der Waals surface area contributed by atoms with Crippen LogP contribution in [0, 0.1) is 0 Å². The molecule has 0 aromatic heterocycles. The number of carbonyl (C=O) groups is 2. The minimum absolute atomic E-state index is 0.0839. The largest absolute Gasteiger partial charge is 0.493 e. The number of rotatable bonds is 9. The van der Waals surface area contributed by atoms with Crippen LogP contribution < -0.4 is 15.0 Å². The lowest BCUT2D eigenvalue weighted by atomic mass is 10.1. The summed E-state index contributed by atoms with van der Waals surface area (Å²) in [5.74, 6) is 0.415. The molecular formula is C30H28N2O3. The van der Waals surface area contributed by atoms with E-state index in [9.17, 15) is 9.59 Å². The topological polar surface area (TPSA) is 58.6 Å². The number of nitrogens with zero attached hydrogens (tertiary/aromatic N) is 1. The second kappa shape index (κ2) is 11.7. The van der Waals surface area contributed by atoms with Gasteiger partial charge in [-0.25, -0.2) is 0 Å². The summed E-state index contributed by atoms with van der Waals surface area (Å²) in [6.07, 6.45) is 0.822. The molecule has 35 heavy (non-hydrogen) atoms. The molecule has 0 heterocycles. The first-order valence-electron chi connectivity index (χ1n) is 11.7. The Morgan fingerprint density at radius 3 is 1.97 bits per heavy atom. The second-order valence-electron chi connectivity index (χ2n) is 8.02. The molecule has 0 unspecified atom stereocenters. The normalized spacial score (nSPS) is 10.4. The molecule has 0 fully saturated rings. The Morgan fingerprint density at radius 1 is 0.743 bits per heavy atom. The third-order valence-electron chi connectivity index (χ3n) is 5.64. The van der Waals surface area contributed by atoms with E-state index in [1.165, 1.54) is 5.56 Å². The van der Waals surface area contributed by atoms with Crippen molar-refractivity contribution in [3.8, 4) is 5.75 Å². The fraction of sp³-hybridized carbons (Fsp3) is 0.133. The highest BCUT2D eigenvalue weighted by Crippen LogP contribution is 2.19. The summed E-state index contributed by atoms with van der Waals surface area (Å²) in [5.41, 5.74) is 3.79. The van der Waals surface area contributed by atoms with Crippen molar-refractivity contribution in [3.05, 3.63) is 126 Å². The molecule has 0 aliphatic rings. The van der Waals surface area contributed by atoms with Crippen LogP contribution in [0.4, 0.5) is 11.4 Å². The summed E-state index contributed by atoms with van der Waals surface area (Å²) in [7, 11) is 0. The first-order chi connectivity index (χ1) is 17.1. The van der Waals surface area contributed by atoms with Gasteiger partial charge in [0.05, 0.1) is 6.61 Å². The molecular weight excluding hydrogens is 436 g/mol. The van der Waals surface area contributed by atoms with Crippen molar-refractivity contribution in [3.63, 3.8) is 0 Å². The number of carbonyl (C=O) groups excluding carboxylic acids is 2. The van der Waals surface area contributed by atoms with E-state index >= 15 is 0 Å². The Labute approximate surface area is 206 Å². The number of hydrogen-bond acceptors (Lipinski definition) is 3. The molecule has 176 valence electrons. The van der Waals surface area contributed by atoms with Crippen LogP contribution in [-0.4, -0.2) is 25.0 Å². The summed E-state index contributed by atoms with van der Waals surface area (Å²) >= 11 is 0. The van der Waals surface area contributed by atoms with Crippen molar-refractivity contribution in [2.24, 2.45) is 0 Å². The minimum atomic E-state index is -0.223. The zero-order valence-corrected chi connectivity index (χ0v) is 19.7. The molecule has 0 spiro atoms. The maximum Gasteiger partial charge on any atom is 0.258 e. The maximum absolute atomic E-state index is 12.9. The van der Waals surface area contributed by atoms with Crippen LogP contribution in [0.15, 0.2) is 109 Å². The number of anilines is 2. The van der Waals surface area contributed by atoms with E-state index in [2.05, 4.69) is 17.4 Å². The van der Waals surface area contributed by atoms with Crippen molar-refractivity contribution in [1.82, 2.24) is 0 Å². The maximum atomic E-state index is 12.9. The van der Waals surface area contributed by atoms with Gasteiger partial charge >= 0.3 is 0 Å². The van der Waals surface area contributed by atoms with Crippen LogP contribution in [0.5, 0.6) is 5.75 Å². The highest BCUT2D eigenvalue weighted by molar-refractivity contribution is 6.07. The lowest BCUT2D eigenvalue weighted by molar-refractivity contribution is 0.0987. The SMILES string of the molecule is CCN(C(=O)c1ccc(NC(=O)c2ccc(OCCc3ccccc3)cc2)cc1)c1ccccc1. The van der Waals surface area contributed by atoms with Gasteiger partial charge in [-0.1, -0.05) is 48.5 Å². The van der Waals surface area contributed by atoms with E-state index < -0.39 is 0 Å². The summed E-state index contributed by atoms with van der Waals surface area (Å²) < 4.78 is 5.79. The second-order valence-corrected chi connectivity index (χ2v) is 8.02. The first-order valence-corrected chi connectivity index (χ1v) is 11.7. The number of nitrogens with one attached hydrogen (secondary N) is 1. The Balaban J connectivity index is 1.32. The van der Waals surface area contributed by atoms with Crippen LogP contribution >= 0.6 is 0 Å². The first kappa shape index (κ1) is 23.8. The predicted octanol–water partition coefficient (Wildman–Crippen LogP) is 6.23. The average molecular weight is 465 g/mol. The molecule has 5 nitrogen and oxygen atoms in total. The molecule has 2 amide bonds. The van der Waals surface area contributed by atoms with Crippen LogP contribution in [0.25, 0.3) is 0 Å². The minimum Gasteiger partial charge on any atom is -0.493 e. The summed E-state index contributed by atoms with van der Waals surface area (Å²) in [5, 5.41) is 2.88. The molecule has 0 bridgehead atoms. The van der Waals surface area contributed by atoms with E-state index in [0.717, 1.165) is 17.9 Å². The molecule has 5 heteroatoms. The third-order valence-corrected chi connectivity index (χ3v) is 5.64. The quantitative estimate of drug-likeness (QED) is 0.320. The van der Waals surface area contributed by atoms with Gasteiger partial charge in [-0.3, -0.25) is 9.59 Å². The van der Waals surface area contributed by atoms with Crippen LogP contribution in [-0.2, 0) is 6.42 Å². The average Bonchev–Trinajstić information content (AvgIpc) is 2.91. The van der Waals surface area contributed by atoms with E-state index in [0.29, 0.717) is 30.0 Å².